The van der Waals surface area contributed by atoms with Gasteiger partial charge in [0.25, 0.3) is 0 Å². The minimum atomic E-state index is -0.0136. The third-order valence-corrected chi connectivity index (χ3v) is 4.75. The molecule has 0 amide bonds. The molecule has 23 heavy (non-hydrogen) atoms. The molecule has 0 fully saturated rings. The van der Waals surface area contributed by atoms with Crippen molar-refractivity contribution in [3.05, 3.63) is 80.7 Å². The first-order chi connectivity index (χ1) is 11.2. The van der Waals surface area contributed by atoms with Gasteiger partial charge in [-0.05, 0) is 64.1 Å². The summed E-state index contributed by atoms with van der Waals surface area (Å²) in [5.74, 6) is 0.737. The van der Waals surface area contributed by atoms with Crippen LogP contribution < -0.4 is 5.32 Å². The Morgan fingerprint density at radius 3 is 2.52 bits per heavy atom. The molecule has 0 saturated carbocycles. The predicted octanol–water partition coefficient (Wildman–Crippen LogP) is 4.59. The number of anilines is 1. The van der Waals surface area contributed by atoms with Crippen molar-refractivity contribution in [2.24, 2.45) is 0 Å². The van der Waals surface area contributed by atoms with Crippen LogP contribution in [-0.4, -0.2) is 14.8 Å². The first-order valence-electron chi connectivity index (χ1n) is 7.10. The third kappa shape index (κ3) is 2.86. The molecule has 1 atom stereocenters. The quantitative estimate of drug-likeness (QED) is 0.600. The van der Waals surface area contributed by atoms with Crippen molar-refractivity contribution in [1.82, 2.24) is 14.8 Å². The molecule has 0 saturated heterocycles. The highest BCUT2D eigenvalue weighted by molar-refractivity contribution is 14.1. The Bertz CT molecular complexity index is 868. The molecular formula is C17H12ClIN4. The van der Waals surface area contributed by atoms with Crippen LogP contribution in [0.2, 0.25) is 5.02 Å². The zero-order valence-electron chi connectivity index (χ0n) is 11.9. The molecule has 3 aromatic rings. The van der Waals surface area contributed by atoms with Crippen molar-refractivity contribution < 1.29 is 0 Å². The Morgan fingerprint density at radius 2 is 1.78 bits per heavy atom. The van der Waals surface area contributed by atoms with Gasteiger partial charge in [0.1, 0.15) is 12.4 Å². The highest BCUT2D eigenvalue weighted by Gasteiger charge is 2.23. The Hall–Kier alpha value is -1.86. The van der Waals surface area contributed by atoms with E-state index in [1.54, 1.807) is 6.33 Å². The molecule has 0 spiro atoms. The summed E-state index contributed by atoms with van der Waals surface area (Å²) >= 11 is 8.31. The normalized spacial score (nSPS) is 16.4. The van der Waals surface area contributed by atoms with Crippen LogP contribution >= 0.6 is 34.2 Å². The fraction of sp³-hybridized carbons (Fsp3) is 0.0588. The molecular weight excluding hydrogens is 423 g/mol. The molecule has 2 aromatic carbocycles. The first kappa shape index (κ1) is 14.7. The van der Waals surface area contributed by atoms with Crippen LogP contribution in [0.25, 0.3) is 5.70 Å². The van der Waals surface area contributed by atoms with E-state index >= 15 is 0 Å². The van der Waals surface area contributed by atoms with E-state index in [1.165, 1.54) is 3.57 Å². The smallest absolute Gasteiger partial charge is 0.226 e. The molecule has 2 heterocycles. The van der Waals surface area contributed by atoms with E-state index in [1.807, 2.05) is 28.9 Å². The molecule has 4 rings (SSSR count). The molecule has 1 aromatic heterocycles. The lowest BCUT2D eigenvalue weighted by Gasteiger charge is -2.24. The van der Waals surface area contributed by atoms with E-state index in [0.717, 1.165) is 27.8 Å². The Morgan fingerprint density at radius 1 is 1.04 bits per heavy atom. The number of benzene rings is 2. The summed E-state index contributed by atoms with van der Waals surface area (Å²) in [6.07, 6.45) is 3.73. The number of nitrogens with zero attached hydrogens (tertiary/aromatic N) is 3. The average Bonchev–Trinajstić information content (AvgIpc) is 3.04. The van der Waals surface area contributed by atoms with E-state index in [0.29, 0.717) is 0 Å². The number of hydrogen-bond donors (Lipinski definition) is 1. The van der Waals surface area contributed by atoms with E-state index < -0.39 is 0 Å². The first-order valence-corrected chi connectivity index (χ1v) is 8.56. The summed E-state index contributed by atoms with van der Waals surface area (Å²) in [5, 5.41) is 8.41. The van der Waals surface area contributed by atoms with E-state index in [2.05, 4.69) is 68.3 Å². The van der Waals surface area contributed by atoms with Crippen molar-refractivity contribution in [2.45, 2.75) is 6.04 Å². The standard InChI is InChI=1S/C17H12ClIN4/c18-13-5-1-12(2-6-13)16-9-15(11-3-7-14(19)8-4-11)22-17-20-10-21-23(16)17/h1-10,16H,(H,20,21,22)/t16-/m0/s1. The minimum absolute atomic E-state index is 0.0136. The number of halogens is 2. The van der Waals surface area contributed by atoms with Crippen LogP contribution in [0.4, 0.5) is 5.95 Å². The van der Waals surface area contributed by atoms with E-state index in [4.69, 9.17) is 11.6 Å². The fourth-order valence-corrected chi connectivity index (χ4v) is 3.11. The largest absolute Gasteiger partial charge is 0.324 e. The second kappa shape index (κ2) is 5.98. The number of allylic oxidation sites excluding steroid dienone is 1. The molecule has 0 bridgehead atoms. The zero-order chi connectivity index (χ0) is 15.8. The van der Waals surface area contributed by atoms with Gasteiger partial charge in [-0.1, -0.05) is 35.9 Å². The van der Waals surface area contributed by atoms with Gasteiger partial charge in [-0.3, -0.25) is 0 Å². The summed E-state index contributed by atoms with van der Waals surface area (Å²) in [7, 11) is 0. The van der Waals surface area contributed by atoms with Gasteiger partial charge < -0.3 is 5.32 Å². The van der Waals surface area contributed by atoms with Gasteiger partial charge in [-0.2, -0.15) is 10.1 Å². The molecule has 0 aliphatic carbocycles. The monoisotopic (exact) mass is 434 g/mol. The molecule has 0 unspecified atom stereocenters. The van der Waals surface area contributed by atoms with Crippen LogP contribution in [0.3, 0.4) is 0 Å². The summed E-state index contributed by atoms with van der Waals surface area (Å²) in [5.41, 5.74) is 3.27. The van der Waals surface area contributed by atoms with Gasteiger partial charge in [0.15, 0.2) is 0 Å². The molecule has 1 N–H and O–H groups in total. The SMILES string of the molecule is Clc1ccc([C@@H]2C=C(c3ccc(I)cc3)Nc3ncnn32)cc1. The van der Waals surface area contributed by atoms with Crippen molar-refractivity contribution in [3.63, 3.8) is 0 Å². The molecule has 1 aliphatic rings. The molecule has 114 valence electrons. The van der Waals surface area contributed by atoms with Gasteiger partial charge in [-0.15, -0.1) is 0 Å². The van der Waals surface area contributed by atoms with Crippen molar-refractivity contribution in [2.75, 3.05) is 5.32 Å². The number of fused-ring (bicyclic) bond motifs is 1. The fourth-order valence-electron chi connectivity index (χ4n) is 2.63. The van der Waals surface area contributed by atoms with Crippen LogP contribution in [-0.2, 0) is 0 Å². The highest BCUT2D eigenvalue weighted by atomic mass is 127. The maximum absolute atomic E-state index is 6.01. The third-order valence-electron chi connectivity index (χ3n) is 3.77. The predicted molar refractivity (Wildman–Crippen MR) is 100 cm³/mol. The number of nitrogens with one attached hydrogen (secondary N) is 1. The Labute approximate surface area is 152 Å². The van der Waals surface area contributed by atoms with Crippen molar-refractivity contribution >= 4 is 45.8 Å². The molecule has 6 heteroatoms. The van der Waals surface area contributed by atoms with E-state index in [-0.39, 0.29) is 6.04 Å². The summed E-state index contributed by atoms with van der Waals surface area (Å²) in [6, 6.07) is 16.2. The van der Waals surface area contributed by atoms with Gasteiger partial charge >= 0.3 is 0 Å². The average molecular weight is 435 g/mol. The molecule has 4 nitrogen and oxygen atoms in total. The number of hydrogen-bond acceptors (Lipinski definition) is 3. The van der Waals surface area contributed by atoms with Gasteiger partial charge in [-0.25, -0.2) is 4.68 Å². The maximum Gasteiger partial charge on any atom is 0.226 e. The maximum atomic E-state index is 6.01. The lowest BCUT2D eigenvalue weighted by atomic mass is 10.0. The lowest BCUT2D eigenvalue weighted by Crippen LogP contribution is -2.20. The van der Waals surface area contributed by atoms with Crippen LogP contribution in [0.1, 0.15) is 17.2 Å². The Balaban J connectivity index is 1.79. The van der Waals surface area contributed by atoms with Crippen LogP contribution in [0.5, 0.6) is 0 Å². The second-order valence-corrected chi connectivity index (χ2v) is 6.92. The van der Waals surface area contributed by atoms with Crippen LogP contribution in [0.15, 0.2) is 60.9 Å². The van der Waals surface area contributed by atoms with E-state index in [9.17, 15) is 0 Å². The highest BCUT2D eigenvalue weighted by Crippen LogP contribution is 2.32. The van der Waals surface area contributed by atoms with Gasteiger partial charge in [0, 0.05) is 14.3 Å². The zero-order valence-corrected chi connectivity index (χ0v) is 14.9. The Kier molecular flexibility index (Phi) is 3.82. The lowest BCUT2D eigenvalue weighted by molar-refractivity contribution is 0.612. The minimum Gasteiger partial charge on any atom is -0.324 e. The molecule has 0 radical (unpaired) electrons. The van der Waals surface area contributed by atoms with Gasteiger partial charge in [0.05, 0.1) is 0 Å². The summed E-state index contributed by atoms with van der Waals surface area (Å²) < 4.78 is 3.08. The number of aromatic nitrogens is 3. The van der Waals surface area contributed by atoms with Gasteiger partial charge in [0.2, 0.25) is 5.95 Å². The summed E-state index contributed by atoms with van der Waals surface area (Å²) in [6.45, 7) is 0. The summed E-state index contributed by atoms with van der Waals surface area (Å²) in [4.78, 5) is 4.32. The molecule has 1 aliphatic heterocycles. The topological polar surface area (TPSA) is 42.7 Å². The second-order valence-electron chi connectivity index (χ2n) is 5.24. The van der Waals surface area contributed by atoms with Crippen molar-refractivity contribution in [3.8, 4) is 0 Å². The van der Waals surface area contributed by atoms with Crippen molar-refractivity contribution in [1.29, 1.82) is 0 Å². The van der Waals surface area contributed by atoms with Crippen LogP contribution in [0, 0.1) is 3.57 Å². The number of rotatable bonds is 2.